The monoisotopic (exact) mass is 351 g/mol. The van der Waals surface area contributed by atoms with Gasteiger partial charge in [0.25, 0.3) is 0 Å². The van der Waals surface area contributed by atoms with Gasteiger partial charge in [-0.3, -0.25) is 9.19 Å². The van der Waals surface area contributed by atoms with Crippen LogP contribution in [0.3, 0.4) is 0 Å². The van der Waals surface area contributed by atoms with Crippen LogP contribution in [0.2, 0.25) is 0 Å². The third kappa shape index (κ3) is 3.79. The molecule has 0 aliphatic heterocycles. The molecular formula is C19H12FN2O2S-. The minimum absolute atomic E-state index is 0.119. The van der Waals surface area contributed by atoms with Gasteiger partial charge in [-0.1, -0.05) is 35.3 Å². The number of nitriles is 1. The molecule has 2 aromatic carbocycles. The van der Waals surface area contributed by atoms with Crippen molar-refractivity contribution in [3.63, 3.8) is 0 Å². The Hall–Kier alpha value is -2.88. The maximum Gasteiger partial charge on any atom is 0.127 e. The Bertz CT molecular complexity index is 999. The number of pyridine rings is 1. The molecule has 4 nitrogen and oxygen atoms in total. The van der Waals surface area contributed by atoms with Crippen molar-refractivity contribution in [3.8, 4) is 28.3 Å². The summed E-state index contributed by atoms with van der Waals surface area (Å²) < 4.78 is 35.8. The van der Waals surface area contributed by atoms with Crippen molar-refractivity contribution >= 4 is 11.1 Å². The number of rotatable bonds is 4. The fourth-order valence-corrected chi connectivity index (χ4v) is 3.08. The number of nitrogens with zero attached hydrogens (tertiary/aromatic N) is 2. The number of benzene rings is 2. The van der Waals surface area contributed by atoms with E-state index in [-0.39, 0.29) is 11.3 Å². The van der Waals surface area contributed by atoms with Crippen LogP contribution in [0.4, 0.5) is 4.39 Å². The molecule has 124 valence electrons. The minimum Gasteiger partial charge on any atom is -0.772 e. The molecule has 0 N–H and O–H groups in total. The van der Waals surface area contributed by atoms with Crippen molar-refractivity contribution in [1.82, 2.24) is 4.98 Å². The molecule has 0 saturated heterocycles. The fraction of sp³-hybridized carbons (Fsp3) is 0.0526. The van der Waals surface area contributed by atoms with E-state index < -0.39 is 16.9 Å². The van der Waals surface area contributed by atoms with Gasteiger partial charge in [-0.05, 0) is 46.5 Å². The lowest BCUT2D eigenvalue weighted by molar-refractivity contribution is 0.533. The van der Waals surface area contributed by atoms with E-state index in [1.165, 1.54) is 12.1 Å². The van der Waals surface area contributed by atoms with E-state index in [1.807, 2.05) is 6.07 Å². The number of hydrogen-bond donors (Lipinski definition) is 0. The summed E-state index contributed by atoms with van der Waals surface area (Å²) in [6, 6.07) is 15.4. The lowest BCUT2D eigenvalue weighted by atomic mass is 9.95. The molecule has 3 aromatic rings. The third-order valence-electron chi connectivity index (χ3n) is 3.76. The molecule has 25 heavy (non-hydrogen) atoms. The van der Waals surface area contributed by atoms with Gasteiger partial charge < -0.3 is 4.55 Å². The normalized spacial score (nSPS) is 11.7. The molecule has 0 saturated carbocycles. The van der Waals surface area contributed by atoms with E-state index >= 15 is 0 Å². The second-order valence-electron chi connectivity index (χ2n) is 5.37. The third-order valence-corrected chi connectivity index (χ3v) is 4.31. The average Bonchev–Trinajstić information content (AvgIpc) is 2.63. The molecule has 0 spiro atoms. The van der Waals surface area contributed by atoms with Crippen molar-refractivity contribution in [2.24, 2.45) is 0 Å². The molecule has 3 rings (SSSR count). The summed E-state index contributed by atoms with van der Waals surface area (Å²) in [5.74, 6) is -0.946. The van der Waals surface area contributed by atoms with Gasteiger partial charge >= 0.3 is 0 Å². The smallest absolute Gasteiger partial charge is 0.127 e. The molecule has 0 amide bonds. The van der Waals surface area contributed by atoms with E-state index in [0.29, 0.717) is 16.7 Å². The predicted molar refractivity (Wildman–Crippen MR) is 92.4 cm³/mol. The molecule has 1 unspecified atom stereocenters. The van der Waals surface area contributed by atoms with Crippen molar-refractivity contribution in [3.05, 3.63) is 77.9 Å². The Kier molecular flexibility index (Phi) is 4.98. The molecule has 1 atom stereocenters. The summed E-state index contributed by atoms with van der Waals surface area (Å²) in [6.07, 6.45) is 3.25. The zero-order chi connectivity index (χ0) is 17.8. The number of halogens is 1. The molecule has 0 aliphatic rings. The molecule has 1 aromatic heterocycles. The Balaban J connectivity index is 2.08. The van der Waals surface area contributed by atoms with Gasteiger partial charge in [-0.15, -0.1) is 0 Å². The van der Waals surface area contributed by atoms with Crippen LogP contribution >= 0.6 is 0 Å². The summed E-state index contributed by atoms with van der Waals surface area (Å²) >= 11 is -2.35. The number of hydrogen-bond acceptors (Lipinski definition) is 4. The summed E-state index contributed by atoms with van der Waals surface area (Å²) in [5.41, 5.74) is 3.57. The van der Waals surface area contributed by atoms with Gasteiger partial charge in [0.05, 0.1) is 11.6 Å². The van der Waals surface area contributed by atoms with Crippen molar-refractivity contribution in [2.75, 3.05) is 0 Å². The second-order valence-corrected chi connectivity index (χ2v) is 6.26. The van der Waals surface area contributed by atoms with Crippen LogP contribution in [0.5, 0.6) is 0 Å². The molecule has 0 radical (unpaired) electrons. The Morgan fingerprint density at radius 1 is 1.12 bits per heavy atom. The first-order chi connectivity index (χ1) is 12.1. The van der Waals surface area contributed by atoms with Gasteiger partial charge in [0, 0.05) is 23.7 Å². The van der Waals surface area contributed by atoms with Crippen molar-refractivity contribution < 1.29 is 13.2 Å². The molecular weight excluding hydrogens is 339 g/mol. The standard InChI is InChI=1S/C19H13FN2O2S/c20-19-9-15(4-5-16(19)12-25(23)24)18-11-22-7-6-17(18)14-3-1-2-13(8-14)10-21/h1-9,11H,12H2,(H,23,24)/p-1. The highest BCUT2D eigenvalue weighted by molar-refractivity contribution is 7.78. The van der Waals surface area contributed by atoms with Gasteiger partial charge in [-0.2, -0.15) is 5.26 Å². The molecule has 0 bridgehead atoms. The van der Waals surface area contributed by atoms with Gasteiger partial charge in [-0.25, -0.2) is 4.39 Å². The fourth-order valence-electron chi connectivity index (χ4n) is 2.59. The highest BCUT2D eigenvalue weighted by Gasteiger charge is 2.11. The van der Waals surface area contributed by atoms with E-state index in [2.05, 4.69) is 11.1 Å². The average molecular weight is 351 g/mol. The molecule has 6 heteroatoms. The summed E-state index contributed by atoms with van der Waals surface area (Å²) in [7, 11) is 0. The quantitative estimate of drug-likeness (QED) is 0.670. The van der Waals surface area contributed by atoms with Crippen molar-refractivity contribution in [2.45, 2.75) is 5.75 Å². The van der Waals surface area contributed by atoms with Gasteiger partial charge in [0.15, 0.2) is 0 Å². The zero-order valence-corrected chi connectivity index (χ0v) is 13.8. The first-order valence-electron chi connectivity index (χ1n) is 7.37. The highest BCUT2D eigenvalue weighted by Crippen LogP contribution is 2.32. The SMILES string of the molecule is N#Cc1cccc(-c2ccncc2-c2ccc(CS(=O)[O-])c(F)c2)c1. The lowest BCUT2D eigenvalue weighted by Gasteiger charge is -2.12. The Morgan fingerprint density at radius 3 is 2.64 bits per heavy atom. The molecule has 1 heterocycles. The van der Waals surface area contributed by atoms with Gasteiger partial charge in [0.1, 0.15) is 5.82 Å². The van der Waals surface area contributed by atoms with Crippen LogP contribution in [0.1, 0.15) is 11.1 Å². The van der Waals surface area contributed by atoms with E-state index in [4.69, 9.17) is 5.26 Å². The lowest BCUT2D eigenvalue weighted by Crippen LogP contribution is -1.97. The topological polar surface area (TPSA) is 76.8 Å². The second kappa shape index (κ2) is 7.34. The van der Waals surface area contributed by atoms with Crippen LogP contribution in [0.25, 0.3) is 22.3 Å². The summed E-state index contributed by atoms with van der Waals surface area (Å²) in [6.45, 7) is 0. The largest absolute Gasteiger partial charge is 0.772 e. The summed E-state index contributed by atoms with van der Waals surface area (Å²) in [4.78, 5) is 4.10. The number of aromatic nitrogens is 1. The maximum absolute atomic E-state index is 14.2. The van der Waals surface area contributed by atoms with Crippen LogP contribution in [-0.4, -0.2) is 13.7 Å². The van der Waals surface area contributed by atoms with E-state index in [0.717, 1.165) is 11.1 Å². The Labute approximate surface area is 146 Å². The molecule has 0 fully saturated rings. The van der Waals surface area contributed by atoms with Crippen molar-refractivity contribution in [1.29, 1.82) is 5.26 Å². The van der Waals surface area contributed by atoms with E-state index in [9.17, 15) is 13.2 Å². The predicted octanol–water partition coefficient (Wildman–Crippen LogP) is 3.81. The first kappa shape index (κ1) is 17.0. The minimum atomic E-state index is -2.35. The summed E-state index contributed by atoms with van der Waals surface area (Å²) in [5, 5.41) is 9.07. The highest BCUT2D eigenvalue weighted by atomic mass is 32.2. The van der Waals surface area contributed by atoms with Gasteiger partial charge in [0.2, 0.25) is 0 Å². The molecule has 0 aliphatic carbocycles. The Morgan fingerprint density at radius 2 is 1.92 bits per heavy atom. The van der Waals surface area contributed by atoms with Crippen LogP contribution < -0.4 is 0 Å². The van der Waals surface area contributed by atoms with Crippen LogP contribution in [-0.2, 0) is 16.8 Å². The maximum atomic E-state index is 14.2. The first-order valence-corrected chi connectivity index (χ1v) is 8.62. The zero-order valence-electron chi connectivity index (χ0n) is 13.0. The van der Waals surface area contributed by atoms with E-state index in [1.54, 1.807) is 42.7 Å². The van der Waals surface area contributed by atoms with Crippen LogP contribution in [0, 0.1) is 17.1 Å². The van der Waals surface area contributed by atoms with Crippen LogP contribution in [0.15, 0.2) is 60.9 Å².